The largest absolute Gasteiger partial charge is 0.350 e. The molecule has 8 heteroatoms. The number of hydrogen-bond acceptors (Lipinski definition) is 3. The summed E-state index contributed by atoms with van der Waals surface area (Å²) in [6.45, 7) is 3.70. The third-order valence-corrected chi connectivity index (χ3v) is 5.68. The second kappa shape index (κ2) is 7.84. The molecule has 0 aliphatic rings. The van der Waals surface area contributed by atoms with Crippen LogP contribution in [0.25, 0.3) is 10.1 Å². The number of fused-ring (bicyclic) bond motifs is 1. The fraction of sp³-hybridized carbons (Fsp3) is 0.158. The third kappa shape index (κ3) is 4.24. The zero-order valence-electron chi connectivity index (χ0n) is 14.4. The summed E-state index contributed by atoms with van der Waals surface area (Å²) in [5.74, 6) is -1.16. The van der Waals surface area contributed by atoms with Crippen molar-refractivity contribution >= 4 is 62.1 Å². The molecule has 2 aromatic carbocycles. The van der Waals surface area contributed by atoms with Crippen LogP contribution in [0.5, 0.6) is 0 Å². The highest BCUT2D eigenvalue weighted by molar-refractivity contribution is 7.21. The molecule has 3 aromatic rings. The van der Waals surface area contributed by atoms with E-state index in [-0.39, 0.29) is 32.6 Å². The summed E-state index contributed by atoms with van der Waals surface area (Å²) in [6.07, 6.45) is 0. The van der Waals surface area contributed by atoms with Crippen LogP contribution in [0.1, 0.15) is 33.9 Å². The van der Waals surface area contributed by atoms with Gasteiger partial charge in [-0.15, -0.1) is 11.3 Å². The lowest BCUT2D eigenvalue weighted by atomic mass is 10.1. The highest BCUT2D eigenvalue weighted by atomic mass is 35.5. The molecule has 4 nitrogen and oxygen atoms in total. The highest BCUT2D eigenvalue weighted by Crippen LogP contribution is 2.36. The van der Waals surface area contributed by atoms with Crippen LogP contribution < -0.4 is 10.6 Å². The monoisotopic (exact) mass is 424 g/mol. The van der Waals surface area contributed by atoms with Crippen molar-refractivity contribution in [2.75, 3.05) is 5.32 Å². The van der Waals surface area contributed by atoms with Crippen molar-refractivity contribution < 1.29 is 14.0 Å². The first kappa shape index (κ1) is 19.6. The van der Waals surface area contributed by atoms with Gasteiger partial charge in [0, 0.05) is 21.7 Å². The van der Waals surface area contributed by atoms with Crippen LogP contribution in [0.3, 0.4) is 0 Å². The first-order valence-electron chi connectivity index (χ1n) is 8.05. The standard InChI is InChI=1S/C19H15Cl2FN2O2S/c1-9(2)23-18(25)10-3-6-13(20)14(7-10)24-19(26)17-16(21)12-5-4-11(22)8-15(12)27-17/h3-9H,1-2H3,(H,23,25)(H,24,26). The average Bonchev–Trinajstić information content (AvgIpc) is 2.92. The van der Waals surface area contributed by atoms with Gasteiger partial charge in [0.05, 0.1) is 15.7 Å². The predicted octanol–water partition coefficient (Wildman–Crippen LogP) is 5.74. The van der Waals surface area contributed by atoms with Crippen molar-refractivity contribution in [3.63, 3.8) is 0 Å². The number of carbonyl (C=O) groups excluding carboxylic acids is 2. The van der Waals surface area contributed by atoms with Crippen LogP contribution in [0.2, 0.25) is 10.0 Å². The van der Waals surface area contributed by atoms with Crippen molar-refractivity contribution in [1.82, 2.24) is 5.32 Å². The van der Waals surface area contributed by atoms with E-state index in [1.165, 1.54) is 30.3 Å². The maximum atomic E-state index is 13.4. The zero-order valence-corrected chi connectivity index (χ0v) is 16.7. The Morgan fingerprint density at radius 2 is 1.81 bits per heavy atom. The number of rotatable bonds is 4. The van der Waals surface area contributed by atoms with Crippen LogP contribution in [-0.4, -0.2) is 17.9 Å². The molecule has 27 heavy (non-hydrogen) atoms. The highest BCUT2D eigenvalue weighted by Gasteiger charge is 2.19. The van der Waals surface area contributed by atoms with Crippen molar-refractivity contribution in [3.8, 4) is 0 Å². The number of hydrogen-bond donors (Lipinski definition) is 2. The van der Waals surface area contributed by atoms with Gasteiger partial charge in [-0.05, 0) is 50.2 Å². The topological polar surface area (TPSA) is 58.2 Å². The Morgan fingerprint density at radius 3 is 2.52 bits per heavy atom. The fourth-order valence-corrected chi connectivity index (χ4v) is 4.07. The van der Waals surface area contributed by atoms with Crippen molar-refractivity contribution in [1.29, 1.82) is 0 Å². The Hall–Kier alpha value is -2.15. The summed E-state index contributed by atoms with van der Waals surface area (Å²) in [4.78, 5) is 25.1. The molecule has 0 saturated carbocycles. The summed E-state index contributed by atoms with van der Waals surface area (Å²) in [6, 6.07) is 8.73. The van der Waals surface area contributed by atoms with Gasteiger partial charge in [0.15, 0.2) is 0 Å². The van der Waals surface area contributed by atoms with E-state index >= 15 is 0 Å². The predicted molar refractivity (Wildman–Crippen MR) is 109 cm³/mol. The van der Waals surface area contributed by atoms with Crippen LogP contribution in [0.4, 0.5) is 10.1 Å². The number of anilines is 1. The molecule has 0 radical (unpaired) electrons. The van der Waals surface area contributed by atoms with E-state index in [1.54, 1.807) is 6.07 Å². The molecule has 0 unspecified atom stereocenters. The van der Waals surface area contributed by atoms with Gasteiger partial charge in [0.2, 0.25) is 0 Å². The summed E-state index contributed by atoms with van der Waals surface area (Å²) >= 11 is 13.5. The average molecular weight is 425 g/mol. The van der Waals surface area contributed by atoms with Gasteiger partial charge in [-0.3, -0.25) is 9.59 Å². The molecule has 0 spiro atoms. The van der Waals surface area contributed by atoms with Gasteiger partial charge in [-0.25, -0.2) is 4.39 Å². The maximum absolute atomic E-state index is 13.4. The van der Waals surface area contributed by atoms with Gasteiger partial charge in [-0.1, -0.05) is 23.2 Å². The molecule has 2 amide bonds. The molecular weight excluding hydrogens is 410 g/mol. The van der Waals surface area contributed by atoms with Crippen molar-refractivity contribution in [2.45, 2.75) is 19.9 Å². The van der Waals surface area contributed by atoms with Crippen molar-refractivity contribution in [2.24, 2.45) is 0 Å². The van der Waals surface area contributed by atoms with Crippen LogP contribution in [0.15, 0.2) is 36.4 Å². The van der Waals surface area contributed by atoms with E-state index in [4.69, 9.17) is 23.2 Å². The van der Waals surface area contributed by atoms with E-state index in [2.05, 4.69) is 10.6 Å². The Balaban J connectivity index is 1.90. The van der Waals surface area contributed by atoms with Crippen LogP contribution in [-0.2, 0) is 0 Å². The van der Waals surface area contributed by atoms with Crippen LogP contribution in [0, 0.1) is 5.82 Å². The number of amides is 2. The van der Waals surface area contributed by atoms with Gasteiger partial charge in [-0.2, -0.15) is 0 Å². The Labute approximate surface area is 169 Å². The molecule has 3 rings (SSSR count). The van der Waals surface area contributed by atoms with Crippen molar-refractivity contribution in [3.05, 3.63) is 62.7 Å². The first-order valence-corrected chi connectivity index (χ1v) is 9.63. The van der Waals surface area contributed by atoms with E-state index in [0.29, 0.717) is 15.6 Å². The minimum Gasteiger partial charge on any atom is -0.350 e. The Morgan fingerprint density at radius 1 is 1.07 bits per heavy atom. The van der Waals surface area contributed by atoms with Gasteiger partial charge < -0.3 is 10.6 Å². The van der Waals surface area contributed by atoms with E-state index in [0.717, 1.165) is 11.3 Å². The Bertz CT molecular complexity index is 1050. The number of benzene rings is 2. The summed E-state index contributed by atoms with van der Waals surface area (Å²) in [7, 11) is 0. The molecule has 2 N–H and O–H groups in total. The molecule has 0 saturated heterocycles. The number of nitrogens with one attached hydrogen (secondary N) is 2. The third-order valence-electron chi connectivity index (χ3n) is 3.69. The molecular formula is C19H15Cl2FN2O2S. The van der Waals surface area contributed by atoms with Gasteiger partial charge in [0.1, 0.15) is 10.7 Å². The molecule has 140 valence electrons. The summed E-state index contributed by atoms with van der Waals surface area (Å²) in [5.41, 5.74) is 0.658. The molecule has 0 aliphatic carbocycles. The van der Waals surface area contributed by atoms with Crippen LogP contribution >= 0.6 is 34.5 Å². The number of carbonyl (C=O) groups is 2. The molecule has 0 atom stereocenters. The quantitative estimate of drug-likeness (QED) is 0.560. The zero-order chi connectivity index (χ0) is 19.7. The lowest BCUT2D eigenvalue weighted by Crippen LogP contribution is -2.30. The fourth-order valence-electron chi connectivity index (χ4n) is 2.47. The van der Waals surface area contributed by atoms with E-state index in [1.807, 2.05) is 13.8 Å². The first-order chi connectivity index (χ1) is 12.8. The van der Waals surface area contributed by atoms with Gasteiger partial charge in [0.25, 0.3) is 11.8 Å². The molecule has 1 aromatic heterocycles. The van der Waals surface area contributed by atoms with Gasteiger partial charge >= 0.3 is 0 Å². The second-order valence-corrected chi connectivity index (χ2v) is 8.00. The lowest BCUT2D eigenvalue weighted by Gasteiger charge is -2.11. The number of thiophene rings is 1. The Kier molecular flexibility index (Phi) is 5.69. The normalized spacial score (nSPS) is 11.0. The smallest absolute Gasteiger partial charge is 0.267 e. The van der Waals surface area contributed by atoms with E-state index in [9.17, 15) is 14.0 Å². The summed E-state index contributed by atoms with van der Waals surface area (Å²) < 4.78 is 14.0. The maximum Gasteiger partial charge on any atom is 0.267 e. The number of halogens is 3. The minimum atomic E-state index is -0.482. The minimum absolute atomic E-state index is 0.0241. The lowest BCUT2D eigenvalue weighted by molar-refractivity contribution is 0.0942. The molecule has 0 bridgehead atoms. The molecule has 0 fully saturated rings. The summed E-state index contributed by atoms with van der Waals surface area (Å²) in [5, 5.41) is 6.58. The molecule has 0 aliphatic heterocycles. The molecule has 1 heterocycles. The second-order valence-electron chi connectivity index (χ2n) is 6.16. The van der Waals surface area contributed by atoms with E-state index < -0.39 is 11.7 Å². The SMILES string of the molecule is CC(C)NC(=O)c1ccc(Cl)c(NC(=O)c2sc3cc(F)ccc3c2Cl)c1.